The van der Waals surface area contributed by atoms with Gasteiger partial charge in [0, 0.05) is 23.8 Å². The van der Waals surface area contributed by atoms with Crippen LogP contribution < -0.4 is 9.47 Å². The van der Waals surface area contributed by atoms with Gasteiger partial charge in [-0.1, -0.05) is 31.9 Å². The van der Waals surface area contributed by atoms with E-state index in [1.54, 1.807) is 0 Å². The van der Waals surface area contributed by atoms with Crippen LogP contribution in [-0.2, 0) is 12.5 Å². The molecule has 0 spiro atoms. The fourth-order valence-electron chi connectivity index (χ4n) is 3.63. The maximum Gasteiger partial charge on any atom is 0.573 e. The lowest BCUT2D eigenvalue weighted by Gasteiger charge is -2.22. The average molecular weight is 556 g/mol. The Morgan fingerprint density at radius 2 is 1.39 bits per heavy atom. The van der Waals surface area contributed by atoms with Crippen LogP contribution >= 0.6 is 0 Å². The molecule has 0 heterocycles. The van der Waals surface area contributed by atoms with E-state index in [0.717, 1.165) is 25.0 Å². The van der Waals surface area contributed by atoms with Crippen molar-refractivity contribution in [3.8, 4) is 28.4 Å². The standard InChI is InChI=1S/C25H18F10O3/c1-2-3-4-5-12-6-7-14(15(26)8-12)20-19(36)11-16(27)21(22(20)30)24(31,32)37-13-9-17(28)23(18(29)10-13)38-25(33,34)35/h6-11,36H,2-5H2,1H3. The van der Waals surface area contributed by atoms with Gasteiger partial charge in [0.1, 0.15) is 28.7 Å². The Balaban J connectivity index is 2.01. The van der Waals surface area contributed by atoms with Crippen LogP contribution in [0.3, 0.4) is 0 Å². The maximum atomic E-state index is 15.2. The molecule has 0 aliphatic heterocycles. The van der Waals surface area contributed by atoms with Crippen LogP contribution in [-0.4, -0.2) is 11.5 Å². The molecular weight excluding hydrogens is 538 g/mol. The molecular formula is C25H18F10O3. The predicted molar refractivity (Wildman–Crippen MR) is 114 cm³/mol. The molecule has 0 bridgehead atoms. The summed E-state index contributed by atoms with van der Waals surface area (Å²) in [7, 11) is 0. The van der Waals surface area contributed by atoms with E-state index in [2.05, 4.69) is 9.47 Å². The van der Waals surface area contributed by atoms with Crippen molar-refractivity contribution >= 4 is 0 Å². The van der Waals surface area contributed by atoms with E-state index < -0.39 is 75.5 Å². The number of hydrogen-bond acceptors (Lipinski definition) is 3. The molecule has 0 aliphatic carbocycles. The normalized spacial score (nSPS) is 12.1. The number of benzene rings is 3. The molecule has 206 valence electrons. The number of hydrogen-bond donors (Lipinski definition) is 1. The maximum absolute atomic E-state index is 15.2. The first kappa shape index (κ1) is 28.9. The Bertz CT molecular complexity index is 1300. The summed E-state index contributed by atoms with van der Waals surface area (Å²) in [5.41, 5.74) is -3.50. The third-order valence-electron chi connectivity index (χ3n) is 5.30. The number of halogens is 10. The Morgan fingerprint density at radius 3 is 1.95 bits per heavy atom. The Labute approximate surface area is 209 Å². The molecule has 3 nitrogen and oxygen atoms in total. The molecule has 3 rings (SSSR count). The van der Waals surface area contributed by atoms with E-state index in [9.17, 15) is 44.6 Å². The van der Waals surface area contributed by atoms with Gasteiger partial charge in [0.2, 0.25) is 5.75 Å². The Morgan fingerprint density at radius 1 is 0.763 bits per heavy atom. The van der Waals surface area contributed by atoms with Gasteiger partial charge in [-0.3, -0.25) is 0 Å². The van der Waals surface area contributed by atoms with Crippen LogP contribution in [0.4, 0.5) is 43.9 Å². The third kappa shape index (κ3) is 6.43. The van der Waals surface area contributed by atoms with Crippen molar-refractivity contribution in [1.29, 1.82) is 0 Å². The van der Waals surface area contributed by atoms with Crippen LogP contribution in [0.2, 0.25) is 0 Å². The van der Waals surface area contributed by atoms with E-state index in [-0.39, 0.29) is 18.2 Å². The number of alkyl halides is 5. The number of aryl methyl sites for hydroxylation is 1. The van der Waals surface area contributed by atoms with E-state index in [1.165, 1.54) is 6.07 Å². The zero-order chi connectivity index (χ0) is 28.4. The Kier molecular flexibility index (Phi) is 8.37. The zero-order valence-corrected chi connectivity index (χ0v) is 19.3. The number of aromatic hydroxyl groups is 1. The fraction of sp³-hybridized carbons (Fsp3) is 0.280. The van der Waals surface area contributed by atoms with Crippen LogP contribution in [0.5, 0.6) is 17.2 Å². The van der Waals surface area contributed by atoms with Crippen molar-refractivity contribution in [1.82, 2.24) is 0 Å². The van der Waals surface area contributed by atoms with E-state index in [1.807, 2.05) is 6.92 Å². The minimum atomic E-state index is -5.52. The first-order valence-electron chi connectivity index (χ1n) is 11.0. The van der Waals surface area contributed by atoms with Crippen molar-refractivity contribution in [3.63, 3.8) is 0 Å². The third-order valence-corrected chi connectivity index (χ3v) is 5.30. The lowest BCUT2D eigenvalue weighted by atomic mass is 9.97. The predicted octanol–water partition coefficient (Wildman–Crippen LogP) is 8.51. The quantitative estimate of drug-likeness (QED) is 0.212. The van der Waals surface area contributed by atoms with E-state index >= 15 is 4.39 Å². The van der Waals surface area contributed by atoms with Gasteiger partial charge in [-0.25, -0.2) is 22.0 Å². The molecule has 0 saturated heterocycles. The van der Waals surface area contributed by atoms with Crippen molar-refractivity contribution in [3.05, 3.63) is 76.6 Å². The minimum Gasteiger partial charge on any atom is -0.507 e. The summed E-state index contributed by atoms with van der Waals surface area (Å²) in [6, 6.07) is 3.15. The number of phenols is 1. The van der Waals surface area contributed by atoms with Gasteiger partial charge in [-0.2, -0.15) is 8.78 Å². The highest BCUT2D eigenvalue weighted by molar-refractivity contribution is 5.73. The van der Waals surface area contributed by atoms with Crippen molar-refractivity contribution < 1.29 is 58.5 Å². The van der Waals surface area contributed by atoms with Gasteiger partial charge >= 0.3 is 12.5 Å². The van der Waals surface area contributed by atoms with Gasteiger partial charge in [0.15, 0.2) is 17.5 Å². The van der Waals surface area contributed by atoms with Crippen molar-refractivity contribution in [2.24, 2.45) is 0 Å². The van der Waals surface area contributed by atoms with Crippen molar-refractivity contribution in [2.45, 2.75) is 45.1 Å². The summed E-state index contributed by atoms with van der Waals surface area (Å²) in [5.74, 6) is -14.2. The van der Waals surface area contributed by atoms with Crippen LogP contribution in [0.25, 0.3) is 11.1 Å². The molecule has 13 heteroatoms. The second-order valence-corrected chi connectivity index (χ2v) is 8.10. The van der Waals surface area contributed by atoms with Gasteiger partial charge in [0.25, 0.3) is 0 Å². The zero-order valence-electron chi connectivity index (χ0n) is 19.3. The molecule has 0 fully saturated rings. The lowest BCUT2D eigenvalue weighted by molar-refractivity contribution is -0.276. The number of phenolic OH excluding ortho intramolecular Hbond substituents is 1. The molecule has 38 heavy (non-hydrogen) atoms. The molecule has 0 unspecified atom stereocenters. The summed E-state index contributed by atoms with van der Waals surface area (Å²) in [6.45, 7) is 1.95. The molecule has 1 N–H and O–H groups in total. The van der Waals surface area contributed by atoms with Gasteiger partial charge < -0.3 is 14.6 Å². The first-order chi connectivity index (χ1) is 17.6. The van der Waals surface area contributed by atoms with Gasteiger partial charge in [0.05, 0.1) is 5.56 Å². The summed E-state index contributed by atoms with van der Waals surface area (Å²) < 4.78 is 146. The molecule has 0 atom stereocenters. The summed E-state index contributed by atoms with van der Waals surface area (Å²) in [6.07, 6.45) is -7.66. The highest BCUT2D eigenvalue weighted by atomic mass is 19.4. The molecule has 0 aliphatic rings. The van der Waals surface area contributed by atoms with Crippen LogP contribution in [0.1, 0.15) is 37.3 Å². The second kappa shape index (κ2) is 11.0. The SMILES string of the molecule is CCCCCc1ccc(-c2c(O)cc(F)c(C(F)(F)Oc3cc(F)c(OC(F)(F)F)c(F)c3)c2F)c(F)c1. The average Bonchev–Trinajstić information content (AvgIpc) is 2.76. The Hall–Kier alpha value is -3.64. The smallest absolute Gasteiger partial charge is 0.507 e. The van der Waals surface area contributed by atoms with E-state index in [0.29, 0.717) is 18.4 Å². The summed E-state index contributed by atoms with van der Waals surface area (Å²) >= 11 is 0. The number of rotatable bonds is 9. The molecule has 3 aromatic rings. The van der Waals surface area contributed by atoms with Gasteiger partial charge in [-0.05, 0) is 24.5 Å². The lowest BCUT2D eigenvalue weighted by Crippen LogP contribution is -2.26. The molecule has 0 amide bonds. The highest BCUT2D eigenvalue weighted by Gasteiger charge is 2.43. The highest BCUT2D eigenvalue weighted by Crippen LogP contribution is 2.43. The monoisotopic (exact) mass is 556 g/mol. The topological polar surface area (TPSA) is 38.7 Å². The van der Waals surface area contributed by atoms with Crippen molar-refractivity contribution in [2.75, 3.05) is 0 Å². The number of unbranched alkanes of at least 4 members (excludes halogenated alkanes) is 2. The molecule has 0 saturated carbocycles. The largest absolute Gasteiger partial charge is 0.573 e. The second-order valence-electron chi connectivity index (χ2n) is 8.10. The molecule has 3 aromatic carbocycles. The van der Waals surface area contributed by atoms with E-state index in [4.69, 9.17) is 0 Å². The number of ether oxygens (including phenoxy) is 2. The fourth-order valence-corrected chi connectivity index (χ4v) is 3.63. The first-order valence-corrected chi connectivity index (χ1v) is 11.0. The molecule has 0 aromatic heterocycles. The van der Waals surface area contributed by atoms with Crippen LogP contribution in [0.15, 0.2) is 36.4 Å². The van der Waals surface area contributed by atoms with Gasteiger partial charge in [-0.15, -0.1) is 13.2 Å². The van der Waals surface area contributed by atoms with Crippen LogP contribution in [0, 0.1) is 29.1 Å². The summed E-state index contributed by atoms with van der Waals surface area (Å²) in [4.78, 5) is 0. The minimum absolute atomic E-state index is 0.0566. The summed E-state index contributed by atoms with van der Waals surface area (Å²) in [5, 5.41) is 10.0. The molecule has 0 radical (unpaired) electrons.